The molecule has 0 saturated carbocycles. The summed E-state index contributed by atoms with van der Waals surface area (Å²) in [6.07, 6.45) is 11.0. The van der Waals surface area contributed by atoms with Crippen LogP contribution in [-0.2, 0) is 0 Å². The molecule has 188 valence electrons. The van der Waals surface area contributed by atoms with Gasteiger partial charge in [-0.05, 0) is 59.2 Å². The zero-order valence-electron chi connectivity index (χ0n) is 22.6. The summed E-state index contributed by atoms with van der Waals surface area (Å²) in [7, 11) is 0. The molecule has 35 heavy (non-hydrogen) atoms. The molecule has 0 atom stereocenters. The van der Waals surface area contributed by atoms with Crippen molar-refractivity contribution >= 4 is 11.3 Å². The number of nitrogens with zero attached hydrogens (tertiary/aromatic N) is 4. The van der Waals surface area contributed by atoms with Crippen molar-refractivity contribution in [3.63, 3.8) is 0 Å². The van der Waals surface area contributed by atoms with Crippen molar-refractivity contribution < 1.29 is 0 Å². The number of hydrogen-bond donors (Lipinski definition) is 0. The van der Waals surface area contributed by atoms with Gasteiger partial charge >= 0.3 is 0 Å². The average molecular weight is 491 g/mol. The number of thiazole rings is 1. The highest BCUT2D eigenvalue weighted by molar-refractivity contribution is 7.09. The molecule has 0 aliphatic carbocycles. The Bertz CT molecular complexity index is 881. The lowest BCUT2D eigenvalue weighted by molar-refractivity contribution is 0.823. The highest BCUT2D eigenvalue weighted by Gasteiger charge is 1.98. The first-order valence-corrected chi connectivity index (χ1v) is 13.2. The molecular weight excluding hydrogens is 448 g/mol. The Kier molecular flexibility index (Phi) is 15.1. The number of hydrogen-bond acceptors (Lipinski definition) is 5. The first-order chi connectivity index (χ1) is 16.7. The van der Waals surface area contributed by atoms with Crippen molar-refractivity contribution in [1.82, 2.24) is 19.9 Å². The van der Waals surface area contributed by atoms with Crippen molar-refractivity contribution in [1.29, 1.82) is 0 Å². The van der Waals surface area contributed by atoms with Gasteiger partial charge in [0.15, 0.2) is 0 Å². The minimum Gasteiger partial charge on any atom is -0.265 e. The van der Waals surface area contributed by atoms with Gasteiger partial charge in [-0.1, -0.05) is 67.5 Å². The summed E-state index contributed by atoms with van der Waals surface area (Å²) in [6.45, 7) is 17.3. The first kappa shape index (κ1) is 30.1. The van der Waals surface area contributed by atoms with Crippen LogP contribution >= 0.6 is 11.3 Å². The van der Waals surface area contributed by atoms with Gasteiger partial charge in [-0.25, -0.2) is 4.98 Å². The van der Waals surface area contributed by atoms with E-state index >= 15 is 0 Å². The molecule has 0 aromatic carbocycles. The van der Waals surface area contributed by atoms with Crippen LogP contribution in [0.4, 0.5) is 0 Å². The molecule has 4 rings (SSSR count). The Morgan fingerprint density at radius 1 is 0.543 bits per heavy atom. The van der Waals surface area contributed by atoms with E-state index < -0.39 is 0 Å². The lowest BCUT2D eigenvalue weighted by Crippen LogP contribution is -1.88. The van der Waals surface area contributed by atoms with Crippen molar-refractivity contribution in [3.05, 3.63) is 107 Å². The smallest absolute Gasteiger partial charge is 0.0950 e. The first-order valence-electron chi connectivity index (χ1n) is 12.3. The maximum Gasteiger partial charge on any atom is 0.0950 e. The molecule has 0 N–H and O–H groups in total. The minimum atomic E-state index is 0.547. The van der Waals surface area contributed by atoms with E-state index in [1.165, 1.54) is 16.1 Å². The van der Waals surface area contributed by atoms with E-state index in [2.05, 4.69) is 81.4 Å². The van der Waals surface area contributed by atoms with Crippen molar-refractivity contribution in [2.45, 2.75) is 79.1 Å². The van der Waals surface area contributed by atoms with Crippen molar-refractivity contribution in [2.75, 3.05) is 0 Å². The van der Waals surface area contributed by atoms with E-state index in [9.17, 15) is 0 Å². The molecule has 0 aliphatic heterocycles. The molecule has 5 heteroatoms. The molecule has 4 aromatic heterocycles. The highest BCUT2D eigenvalue weighted by Crippen LogP contribution is 2.15. The lowest BCUT2D eigenvalue weighted by atomic mass is 10.1. The summed E-state index contributed by atoms with van der Waals surface area (Å²) in [5.41, 5.74) is 3.82. The quantitative estimate of drug-likeness (QED) is 0.286. The van der Waals surface area contributed by atoms with Crippen LogP contribution in [0.1, 0.15) is 101 Å². The summed E-state index contributed by atoms with van der Waals surface area (Å²) in [5.74, 6) is 2.35. The molecule has 4 nitrogen and oxygen atoms in total. The fourth-order valence-electron chi connectivity index (χ4n) is 2.70. The summed E-state index contributed by atoms with van der Waals surface area (Å²) >= 11 is 1.72. The molecule has 4 aromatic rings. The maximum atomic E-state index is 4.18. The third-order valence-electron chi connectivity index (χ3n) is 4.95. The maximum absolute atomic E-state index is 4.18. The summed E-state index contributed by atoms with van der Waals surface area (Å²) < 4.78 is 0. The van der Waals surface area contributed by atoms with Crippen LogP contribution in [0.3, 0.4) is 0 Å². The molecule has 0 amide bonds. The van der Waals surface area contributed by atoms with E-state index in [0.717, 1.165) is 5.69 Å². The standard InChI is InChI=1S/3C8H11N.C6H9NS/c1-7(2)8-3-5-9-6-4-8;1-7(2)8-4-3-5-9-6-8;1-7(2)8-5-3-4-6-9-8;1-5(2)6-7-3-4-8-6/h3*3-7H,1-2H3;3-5H,1-2H3. The van der Waals surface area contributed by atoms with Gasteiger partial charge in [0.05, 0.1) is 5.01 Å². The minimum absolute atomic E-state index is 0.547. The Hall–Kier alpha value is -2.92. The topological polar surface area (TPSA) is 51.6 Å². The summed E-state index contributed by atoms with van der Waals surface area (Å²) in [6, 6.07) is 14.2. The van der Waals surface area contributed by atoms with Crippen LogP contribution in [0.25, 0.3) is 0 Å². The largest absolute Gasteiger partial charge is 0.265 e. The van der Waals surface area contributed by atoms with E-state index in [0.29, 0.717) is 23.7 Å². The third-order valence-corrected chi connectivity index (χ3v) is 6.02. The summed E-state index contributed by atoms with van der Waals surface area (Å²) in [5, 5.41) is 3.24. The van der Waals surface area contributed by atoms with Gasteiger partial charge in [0.25, 0.3) is 0 Å². The van der Waals surface area contributed by atoms with Gasteiger partial charge in [-0.15, -0.1) is 11.3 Å². The highest BCUT2D eigenvalue weighted by atomic mass is 32.1. The zero-order valence-corrected chi connectivity index (χ0v) is 23.4. The predicted octanol–water partition coefficient (Wildman–Crippen LogP) is 8.88. The van der Waals surface area contributed by atoms with Crippen LogP contribution in [0.5, 0.6) is 0 Å². The molecule has 4 heterocycles. The predicted molar refractivity (Wildman–Crippen MR) is 151 cm³/mol. The molecule has 0 saturated heterocycles. The SMILES string of the molecule is CC(C)c1ccccn1.CC(C)c1cccnc1.CC(C)c1ccncc1.CC(C)c1nccs1. The van der Waals surface area contributed by atoms with Crippen LogP contribution in [-0.4, -0.2) is 19.9 Å². The Labute approximate surface area is 217 Å². The second-order valence-corrected chi connectivity index (χ2v) is 10.2. The van der Waals surface area contributed by atoms with E-state index in [1.807, 2.05) is 72.8 Å². The fourth-order valence-corrected chi connectivity index (χ4v) is 3.36. The molecule has 0 bridgehead atoms. The van der Waals surface area contributed by atoms with Crippen LogP contribution in [0.2, 0.25) is 0 Å². The Balaban J connectivity index is 0.000000234. The van der Waals surface area contributed by atoms with Gasteiger partial charge in [-0.3, -0.25) is 15.0 Å². The van der Waals surface area contributed by atoms with Crippen LogP contribution in [0.15, 0.2) is 85.0 Å². The monoisotopic (exact) mass is 490 g/mol. The number of aromatic nitrogens is 4. The van der Waals surface area contributed by atoms with Gasteiger partial charge in [0, 0.05) is 54.2 Å². The third kappa shape index (κ3) is 13.5. The van der Waals surface area contributed by atoms with E-state index in [4.69, 9.17) is 0 Å². The van der Waals surface area contributed by atoms with Gasteiger partial charge in [-0.2, -0.15) is 0 Å². The second kappa shape index (κ2) is 17.5. The van der Waals surface area contributed by atoms with Crippen molar-refractivity contribution in [2.24, 2.45) is 0 Å². The molecule has 0 radical (unpaired) electrons. The molecule has 0 unspecified atom stereocenters. The Morgan fingerprint density at radius 3 is 1.54 bits per heavy atom. The lowest BCUT2D eigenvalue weighted by Gasteiger charge is -2.01. The molecule has 0 aliphatic rings. The van der Waals surface area contributed by atoms with E-state index in [1.54, 1.807) is 17.5 Å². The van der Waals surface area contributed by atoms with Gasteiger partial charge in [0.2, 0.25) is 0 Å². The van der Waals surface area contributed by atoms with Crippen LogP contribution < -0.4 is 0 Å². The molecule has 0 spiro atoms. The normalized spacial score (nSPS) is 10.2. The van der Waals surface area contributed by atoms with Crippen LogP contribution in [0, 0.1) is 0 Å². The summed E-state index contributed by atoms with van der Waals surface area (Å²) in [4.78, 5) is 16.2. The van der Waals surface area contributed by atoms with Gasteiger partial charge < -0.3 is 0 Å². The fraction of sp³-hybridized carbons (Fsp3) is 0.400. The molecule has 0 fully saturated rings. The molecular formula is C30H42N4S. The zero-order chi connectivity index (χ0) is 26.1. The number of pyridine rings is 3. The van der Waals surface area contributed by atoms with Gasteiger partial charge in [0.1, 0.15) is 0 Å². The second-order valence-electron chi connectivity index (χ2n) is 9.31. The Morgan fingerprint density at radius 2 is 1.23 bits per heavy atom. The van der Waals surface area contributed by atoms with E-state index in [-0.39, 0.29) is 0 Å². The average Bonchev–Trinajstić information content (AvgIpc) is 3.43. The van der Waals surface area contributed by atoms with Crippen molar-refractivity contribution in [3.8, 4) is 0 Å². The number of rotatable bonds is 4.